The molecular weight excluding hydrogens is 372 g/mol. The lowest BCUT2D eigenvalue weighted by molar-refractivity contribution is -0.117. The van der Waals surface area contributed by atoms with Gasteiger partial charge >= 0.3 is 0 Å². The van der Waals surface area contributed by atoms with Gasteiger partial charge in [0.25, 0.3) is 5.91 Å². The second kappa shape index (κ2) is 8.72. The fourth-order valence-electron chi connectivity index (χ4n) is 3.42. The molecule has 2 amide bonds. The smallest absolute Gasteiger partial charge is 0.271 e. The highest BCUT2D eigenvalue weighted by atomic mass is 16.2. The first-order valence-electron chi connectivity index (χ1n) is 9.58. The summed E-state index contributed by atoms with van der Waals surface area (Å²) in [5, 5.41) is 10.3. The van der Waals surface area contributed by atoms with E-state index in [1.807, 2.05) is 20.0 Å². The van der Waals surface area contributed by atoms with Crippen LogP contribution in [0.2, 0.25) is 0 Å². The Morgan fingerprint density at radius 3 is 2.86 bits per heavy atom. The van der Waals surface area contributed by atoms with Crippen LogP contribution in [0.1, 0.15) is 37.2 Å². The molecule has 1 saturated heterocycles. The minimum Gasteiger partial charge on any atom is -0.364 e. The number of carbonyl (C=O) groups is 2. The van der Waals surface area contributed by atoms with Crippen molar-refractivity contribution >= 4 is 29.1 Å². The number of hydrogen-bond acceptors (Lipinski definition) is 7. The fourth-order valence-corrected chi connectivity index (χ4v) is 3.42. The van der Waals surface area contributed by atoms with Crippen LogP contribution < -0.4 is 21.3 Å². The molecular formula is C19H26N8O2. The summed E-state index contributed by atoms with van der Waals surface area (Å²) in [6.45, 7) is 8.99. The van der Waals surface area contributed by atoms with E-state index in [1.165, 1.54) is 12.3 Å². The number of anilines is 3. The molecule has 0 radical (unpaired) electrons. The highest BCUT2D eigenvalue weighted by Crippen LogP contribution is 2.26. The number of aromatic nitrogens is 4. The van der Waals surface area contributed by atoms with Crippen LogP contribution >= 0.6 is 0 Å². The number of amides is 2. The summed E-state index contributed by atoms with van der Waals surface area (Å²) in [5.41, 5.74) is 6.21. The Morgan fingerprint density at radius 1 is 1.41 bits per heavy atom. The lowest BCUT2D eigenvalue weighted by atomic mass is 9.97. The molecule has 29 heavy (non-hydrogen) atoms. The molecule has 10 heteroatoms. The van der Waals surface area contributed by atoms with Crippen LogP contribution in [0.3, 0.4) is 0 Å². The molecule has 2 atom stereocenters. The molecule has 2 aromatic heterocycles. The van der Waals surface area contributed by atoms with Crippen LogP contribution in [0.5, 0.6) is 0 Å². The van der Waals surface area contributed by atoms with Crippen molar-refractivity contribution in [2.75, 3.05) is 16.8 Å². The molecule has 0 aromatic carbocycles. The van der Waals surface area contributed by atoms with Crippen molar-refractivity contribution in [3.8, 4) is 0 Å². The topological polar surface area (TPSA) is 131 Å². The maximum Gasteiger partial charge on any atom is 0.271 e. The van der Waals surface area contributed by atoms with Gasteiger partial charge in [-0.1, -0.05) is 6.58 Å². The minimum atomic E-state index is -0.669. The zero-order chi connectivity index (χ0) is 21.0. The first-order valence-corrected chi connectivity index (χ1v) is 9.58. The van der Waals surface area contributed by atoms with Crippen molar-refractivity contribution in [2.45, 2.75) is 45.3 Å². The summed E-state index contributed by atoms with van der Waals surface area (Å²) in [6, 6.07) is -0.0388. The normalized spacial score (nSPS) is 18.9. The van der Waals surface area contributed by atoms with Gasteiger partial charge in [0.05, 0.1) is 18.1 Å². The third-order valence-electron chi connectivity index (χ3n) is 5.01. The van der Waals surface area contributed by atoms with Gasteiger partial charge in [0.2, 0.25) is 5.91 Å². The van der Waals surface area contributed by atoms with Crippen LogP contribution in [0.4, 0.5) is 17.3 Å². The Kier molecular flexibility index (Phi) is 6.10. The summed E-state index contributed by atoms with van der Waals surface area (Å²) in [5.74, 6) is 0.00643. The number of nitrogens with two attached hydrogens (primary N) is 1. The van der Waals surface area contributed by atoms with Gasteiger partial charge in [-0.3, -0.25) is 14.3 Å². The van der Waals surface area contributed by atoms with E-state index >= 15 is 0 Å². The number of piperidine rings is 1. The molecule has 4 N–H and O–H groups in total. The van der Waals surface area contributed by atoms with Gasteiger partial charge in [0.1, 0.15) is 5.82 Å². The molecule has 1 aliphatic heterocycles. The first-order chi connectivity index (χ1) is 13.9. The third kappa shape index (κ3) is 4.53. The van der Waals surface area contributed by atoms with E-state index in [0.717, 1.165) is 25.9 Å². The molecule has 1 aliphatic rings. The Labute approximate surface area is 169 Å². The van der Waals surface area contributed by atoms with Crippen LogP contribution in [-0.4, -0.2) is 50.2 Å². The van der Waals surface area contributed by atoms with Gasteiger partial charge in [0.15, 0.2) is 11.5 Å². The van der Waals surface area contributed by atoms with Crippen LogP contribution in [0.15, 0.2) is 31.2 Å². The van der Waals surface area contributed by atoms with E-state index in [9.17, 15) is 9.59 Å². The average molecular weight is 398 g/mol. The SMILES string of the molecule is C=CC(=O)N[C@@H]1CCCN(c2cnc(C(N)=O)c(Nc3cnn(CC)c3)n2)[C@@H]1C. The Morgan fingerprint density at radius 2 is 2.21 bits per heavy atom. The maximum absolute atomic E-state index is 11.8. The van der Waals surface area contributed by atoms with E-state index in [2.05, 4.69) is 37.2 Å². The van der Waals surface area contributed by atoms with E-state index in [-0.39, 0.29) is 29.5 Å². The summed E-state index contributed by atoms with van der Waals surface area (Å²) in [7, 11) is 0. The fraction of sp³-hybridized carbons (Fsp3) is 0.421. The first kappa shape index (κ1) is 20.3. The zero-order valence-corrected chi connectivity index (χ0v) is 16.6. The lowest BCUT2D eigenvalue weighted by Gasteiger charge is -2.40. The van der Waals surface area contributed by atoms with E-state index in [4.69, 9.17) is 5.73 Å². The second-order valence-electron chi connectivity index (χ2n) is 6.89. The Balaban J connectivity index is 1.88. The van der Waals surface area contributed by atoms with Gasteiger partial charge in [-0.05, 0) is 32.8 Å². The molecule has 10 nitrogen and oxygen atoms in total. The van der Waals surface area contributed by atoms with Crippen LogP contribution in [0, 0.1) is 0 Å². The summed E-state index contributed by atoms with van der Waals surface area (Å²) in [6.07, 6.45) is 8.01. The highest BCUT2D eigenvalue weighted by molar-refractivity contribution is 5.96. The predicted molar refractivity (Wildman–Crippen MR) is 110 cm³/mol. The van der Waals surface area contributed by atoms with Gasteiger partial charge in [-0.25, -0.2) is 9.97 Å². The molecule has 2 aromatic rings. The molecule has 0 aliphatic carbocycles. The third-order valence-corrected chi connectivity index (χ3v) is 5.01. The number of nitrogens with zero attached hydrogens (tertiary/aromatic N) is 5. The summed E-state index contributed by atoms with van der Waals surface area (Å²) < 4.78 is 1.75. The molecule has 3 rings (SSSR count). The van der Waals surface area contributed by atoms with E-state index < -0.39 is 5.91 Å². The standard InChI is InChI=1S/C19H26N8O2/c1-4-16(28)24-14-7-6-8-27(12(14)3)15-10-21-17(18(20)29)19(25-15)23-13-9-22-26(5-2)11-13/h4,9-12,14H,1,5-8H2,2-3H3,(H2,20,29)(H,23,25)(H,24,28)/t12-,14-/m1/s1. The summed E-state index contributed by atoms with van der Waals surface area (Å²) >= 11 is 0. The Hall–Kier alpha value is -3.43. The molecule has 0 unspecified atom stereocenters. The van der Waals surface area contributed by atoms with Crippen molar-refractivity contribution in [2.24, 2.45) is 5.73 Å². The lowest BCUT2D eigenvalue weighted by Crippen LogP contribution is -2.54. The van der Waals surface area contributed by atoms with Crippen molar-refractivity contribution < 1.29 is 9.59 Å². The monoisotopic (exact) mass is 398 g/mol. The minimum absolute atomic E-state index is 0.00271. The predicted octanol–water partition coefficient (Wildman–Crippen LogP) is 1.19. The largest absolute Gasteiger partial charge is 0.364 e. The number of rotatable bonds is 7. The molecule has 0 saturated carbocycles. The Bertz CT molecular complexity index is 909. The molecule has 3 heterocycles. The quantitative estimate of drug-likeness (QED) is 0.597. The molecule has 0 spiro atoms. The van der Waals surface area contributed by atoms with Crippen molar-refractivity contribution in [1.82, 2.24) is 25.1 Å². The van der Waals surface area contributed by atoms with Crippen molar-refractivity contribution in [3.63, 3.8) is 0 Å². The highest BCUT2D eigenvalue weighted by Gasteiger charge is 2.30. The number of aryl methyl sites for hydroxylation is 1. The second-order valence-corrected chi connectivity index (χ2v) is 6.89. The summed E-state index contributed by atoms with van der Waals surface area (Å²) in [4.78, 5) is 34.5. The van der Waals surface area contributed by atoms with E-state index in [1.54, 1.807) is 10.9 Å². The molecule has 1 fully saturated rings. The van der Waals surface area contributed by atoms with Gasteiger partial charge in [0, 0.05) is 31.4 Å². The molecule has 0 bridgehead atoms. The van der Waals surface area contributed by atoms with Crippen molar-refractivity contribution in [1.29, 1.82) is 0 Å². The number of hydrogen-bond donors (Lipinski definition) is 3. The van der Waals surface area contributed by atoms with Gasteiger partial charge < -0.3 is 21.3 Å². The van der Waals surface area contributed by atoms with E-state index in [0.29, 0.717) is 11.5 Å². The number of carbonyl (C=O) groups excluding carboxylic acids is 2. The van der Waals surface area contributed by atoms with Crippen molar-refractivity contribution in [3.05, 3.63) is 36.9 Å². The zero-order valence-electron chi connectivity index (χ0n) is 16.6. The number of nitrogens with one attached hydrogen (secondary N) is 2. The van der Waals surface area contributed by atoms with Gasteiger partial charge in [-0.2, -0.15) is 5.10 Å². The average Bonchev–Trinajstić information content (AvgIpc) is 3.16. The number of primary amides is 1. The maximum atomic E-state index is 11.8. The van der Waals surface area contributed by atoms with Gasteiger partial charge in [-0.15, -0.1) is 0 Å². The van der Waals surface area contributed by atoms with Crippen LogP contribution in [-0.2, 0) is 11.3 Å². The van der Waals surface area contributed by atoms with Crippen LogP contribution in [0.25, 0.3) is 0 Å². The molecule has 154 valence electrons.